The number of rotatable bonds is 4. The van der Waals surface area contributed by atoms with E-state index < -0.39 is 0 Å². The Morgan fingerprint density at radius 2 is 2.17 bits per heavy atom. The Kier molecular flexibility index (Phi) is 4.61. The first-order valence-corrected chi connectivity index (χ1v) is 8.16. The van der Waals surface area contributed by atoms with Crippen LogP contribution in [-0.4, -0.2) is 41.9 Å². The standard InChI is InChI=1S/C15H18N4O3S/c1-21-12-6-5-10(8-13(12)22-2)11-4-3-7-19(11)15(20)17-14-18-16-9-23-14/h5-6,8-9,11H,3-4,7H2,1-2H3,(H,17,18,20). The predicted octanol–water partition coefficient (Wildman–Crippen LogP) is 2.92. The number of benzene rings is 1. The van der Waals surface area contributed by atoms with Gasteiger partial charge in [0.1, 0.15) is 5.51 Å². The third kappa shape index (κ3) is 3.21. The zero-order valence-electron chi connectivity index (χ0n) is 13.0. The highest BCUT2D eigenvalue weighted by atomic mass is 32.1. The SMILES string of the molecule is COc1ccc(C2CCCN2C(=O)Nc2nncs2)cc1OC. The molecule has 1 aliphatic heterocycles. The molecule has 1 unspecified atom stereocenters. The smallest absolute Gasteiger partial charge is 0.324 e. The summed E-state index contributed by atoms with van der Waals surface area (Å²) in [4.78, 5) is 14.3. The van der Waals surface area contributed by atoms with Crippen LogP contribution in [0.2, 0.25) is 0 Å². The van der Waals surface area contributed by atoms with E-state index in [1.807, 2.05) is 23.1 Å². The van der Waals surface area contributed by atoms with Crippen molar-refractivity contribution < 1.29 is 14.3 Å². The van der Waals surface area contributed by atoms with Gasteiger partial charge in [0.25, 0.3) is 0 Å². The topological polar surface area (TPSA) is 76.6 Å². The molecule has 1 aromatic heterocycles. The Morgan fingerprint density at radius 3 is 2.87 bits per heavy atom. The molecule has 1 aromatic carbocycles. The molecular formula is C15H18N4O3S. The van der Waals surface area contributed by atoms with Gasteiger partial charge in [0, 0.05) is 6.54 Å². The number of carbonyl (C=O) groups is 1. The van der Waals surface area contributed by atoms with Crippen LogP contribution >= 0.6 is 11.3 Å². The molecule has 1 fully saturated rings. The second-order valence-corrected chi connectivity index (χ2v) is 5.97. The Labute approximate surface area is 138 Å². The number of aromatic nitrogens is 2. The maximum atomic E-state index is 12.5. The minimum Gasteiger partial charge on any atom is -0.493 e. The third-order valence-corrected chi connectivity index (χ3v) is 4.49. The third-order valence-electron chi connectivity index (χ3n) is 3.88. The van der Waals surface area contributed by atoms with Gasteiger partial charge in [-0.3, -0.25) is 5.32 Å². The van der Waals surface area contributed by atoms with E-state index in [-0.39, 0.29) is 12.1 Å². The Bertz CT molecular complexity index is 677. The Hall–Kier alpha value is -2.35. The molecule has 0 radical (unpaired) electrons. The molecule has 1 aliphatic rings. The van der Waals surface area contributed by atoms with Gasteiger partial charge in [-0.15, -0.1) is 10.2 Å². The molecule has 1 N–H and O–H groups in total. The van der Waals surface area contributed by atoms with Crippen molar-refractivity contribution in [3.63, 3.8) is 0 Å². The fraction of sp³-hybridized carbons (Fsp3) is 0.400. The van der Waals surface area contributed by atoms with Gasteiger partial charge in [0.2, 0.25) is 5.13 Å². The number of amides is 2. The van der Waals surface area contributed by atoms with Crippen LogP contribution in [0.5, 0.6) is 11.5 Å². The molecule has 122 valence electrons. The molecule has 7 nitrogen and oxygen atoms in total. The van der Waals surface area contributed by atoms with E-state index in [0.717, 1.165) is 18.4 Å². The van der Waals surface area contributed by atoms with Crippen molar-refractivity contribution in [2.45, 2.75) is 18.9 Å². The van der Waals surface area contributed by atoms with Gasteiger partial charge in [-0.05, 0) is 30.5 Å². The van der Waals surface area contributed by atoms with E-state index in [2.05, 4.69) is 15.5 Å². The molecule has 2 aromatic rings. The van der Waals surface area contributed by atoms with Crippen LogP contribution in [0.15, 0.2) is 23.7 Å². The molecule has 2 heterocycles. The normalized spacial score (nSPS) is 17.1. The average Bonchev–Trinajstić information content (AvgIpc) is 3.25. The van der Waals surface area contributed by atoms with Crippen LogP contribution in [0.25, 0.3) is 0 Å². The summed E-state index contributed by atoms with van der Waals surface area (Å²) >= 11 is 1.30. The maximum Gasteiger partial charge on any atom is 0.324 e. The van der Waals surface area contributed by atoms with Crippen LogP contribution in [-0.2, 0) is 0 Å². The second-order valence-electron chi connectivity index (χ2n) is 5.14. The highest BCUT2D eigenvalue weighted by Crippen LogP contribution is 2.37. The lowest BCUT2D eigenvalue weighted by molar-refractivity contribution is 0.207. The molecule has 1 atom stereocenters. The molecular weight excluding hydrogens is 316 g/mol. The van der Waals surface area contributed by atoms with Crippen molar-refractivity contribution in [2.75, 3.05) is 26.1 Å². The summed E-state index contributed by atoms with van der Waals surface area (Å²) < 4.78 is 10.6. The van der Waals surface area contributed by atoms with Crippen molar-refractivity contribution in [3.05, 3.63) is 29.3 Å². The highest BCUT2D eigenvalue weighted by Gasteiger charge is 2.31. The molecule has 0 bridgehead atoms. The van der Waals surface area contributed by atoms with E-state index in [0.29, 0.717) is 23.2 Å². The lowest BCUT2D eigenvalue weighted by Gasteiger charge is -2.25. The summed E-state index contributed by atoms with van der Waals surface area (Å²) in [5, 5.41) is 10.9. The molecule has 2 amide bonds. The average molecular weight is 334 g/mol. The summed E-state index contributed by atoms with van der Waals surface area (Å²) in [7, 11) is 3.21. The van der Waals surface area contributed by atoms with E-state index in [9.17, 15) is 4.79 Å². The quantitative estimate of drug-likeness (QED) is 0.930. The van der Waals surface area contributed by atoms with Gasteiger partial charge in [-0.25, -0.2) is 4.79 Å². The highest BCUT2D eigenvalue weighted by molar-refractivity contribution is 7.13. The van der Waals surface area contributed by atoms with Crippen molar-refractivity contribution in [3.8, 4) is 11.5 Å². The number of anilines is 1. The summed E-state index contributed by atoms with van der Waals surface area (Å²) in [5.41, 5.74) is 2.62. The molecule has 23 heavy (non-hydrogen) atoms. The van der Waals surface area contributed by atoms with Crippen LogP contribution in [0.3, 0.4) is 0 Å². The first-order chi connectivity index (χ1) is 11.2. The van der Waals surface area contributed by atoms with Crippen molar-refractivity contribution >= 4 is 22.5 Å². The summed E-state index contributed by atoms with van der Waals surface area (Å²) in [6, 6.07) is 5.64. The summed E-state index contributed by atoms with van der Waals surface area (Å²) in [6.07, 6.45) is 1.88. The molecule has 0 aliphatic carbocycles. The van der Waals surface area contributed by atoms with E-state index in [1.54, 1.807) is 19.7 Å². The lowest BCUT2D eigenvalue weighted by Crippen LogP contribution is -2.34. The van der Waals surface area contributed by atoms with E-state index >= 15 is 0 Å². The lowest BCUT2D eigenvalue weighted by atomic mass is 10.0. The number of hydrogen-bond acceptors (Lipinski definition) is 6. The van der Waals surface area contributed by atoms with E-state index in [1.165, 1.54) is 11.3 Å². The van der Waals surface area contributed by atoms with Gasteiger partial charge in [0.05, 0.1) is 20.3 Å². The van der Waals surface area contributed by atoms with Gasteiger partial charge < -0.3 is 14.4 Å². The monoisotopic (exact) mass is 334 g/mol. The predicted molar refractivity (Wildman–Crippen MR) is 87.2 cm³/mol. The minimum absolute atomic E-state index is 0.0164. The number of likely N-dealkylation sites (tertiary alicyclic amines) is 1. The number of ether oxygens (including phenoxy) is 2. The van der Waals surface area contributed by atoms with Crippen molar-refractivity contribution in [1.82, 2.24) is 15.1 Å². The Morgan fingerprint density at radius 1 is 1.35 bits per heavy atom. The Balaban J connectivity index is 1.79. The molecule has 0 spiro atoms. The molecule has 8 heteroatoms. The van der Waals surface area contributed by atoms with Gasteiger partial charge in [0.15, 0.2) is 11.5 Å². The zero-order chi connectivity index (χ0) is 16.2. The number of carbonyl (C=O) groups excluding carboxylic acids is 1. The number of nitrogens with zero attached hydrogens (tertiary/aromatic N) is 3. The van der Waals surface area contributed by atoms with Crippen molar-refractivity contribution in [2.24, 2.45) is 0 Å². The number of nitrogens with one attached hydrogen (secondary N) is 1. The van der Waals surface area contributed by atoms with Crippen LogP contribution < -0.4 is 14.8 Å². The zero-order valence-corrected chi connectivity index (χ0v) is 13.8. The number of urea groups is 1. The first kappa shape index (κ1) is 15.5. The van der Waals surface area contributed by atoms with Gasteiger partial charge in [-0.2, -0.15) is 0 Å². The summed E-state index contributed by atoms with van der Waals surface area (Å²) in [6.45, 7) is 0.712. The van der Waals surface area contributed by atoms with E-state index in [4.69, 9.17) is 9.47 Å². The number of methoxy groups -OCH3 is 2. The van der Waals surface area contributed by atoms with Crippen LogP contribution in [0.4, 0.5) is 9.93 Å². The molecule has 3 rings (SSSR count). The minimum atomic E-state index is -0.154. The maximum absolute atomic E-state index is 12.5. The van der Waals surface area contributed by atoms with Crippen LogP contribution in [0.1, 0.15) is 24.4 Å². The summed E-state index contributed by atoms with van der Waals surface area (Å²) in [5.74, 6) is 1.35. The van der Waals surface area contributed by atoms with Gasteiger partial charge >= 0.3 is 6.03 Å². The molecule has 0 saturated carbocycles. The fourth-order valence-electron chi connectivity index (χ4n) is 2.81. The fourth-order valence-corrected chi connectivity index (χ4v) is 3.24. The van der Waals surface area contributed by atoms with Crippen LogP contribution in [0, 0.1) is 0 Å². The molecule has 1 saturated heterocycles. The second kappa shape index (κ2) is 6.82. The first-order valence-electron chi connectivity index (χ1n) is 7.28. The van der Waals surface area contributed by atoms with Crippen molar-refractivity contribution in [1.29, 1.82) is 0 Å². The number of hydrogen-bond donors (Lipinski definition) is 1. The largest absolute Gasteiger partial charge is 0.493 e. The van der Waals surface area contributed by atoms with Gasteiger partial charge in [-0.1, -0.05) is 17.4 Å².